The fourth-order valence-corrected chi connectivity index (χ4v) is 1.06. The quantitative estimate of drug-likeness (QED) is 0.612. The molecule has 0 saturated heterocycles. The van der Waals surface area contributed by atoms with Crippen molar-refractivity contribution in [2.24, 2.45) is 0 Å². The van der Waals surface area contributed by atoms with Crippen molar-refractivity contribution in [3.8, 4) is 5.75 Å². The lowest BCUT2D eigenvalue weighted by Gasteiger charge is -1.98. The first-order valence-electron chi connectivity index (χ1n) is 3.38. The van der Waals surface area contributed by atoms with Crippen molar-refractivity contribution in [2.75, 3.05) is 0 Å². The van der Waals surface area contributed by atoms with E-state index in [1.807, 2.05) is 17.5 Å². The first kappa shape index (κ1) is 6.22. The Balaban J connectivity index is 2.86. The van der Waals surface area contributed by atoms with E-state index < -0.39 is 0 Å². The van der Waals surface area contributed by atoms with Crippen LogP contribution in [-0.4, -0.2) is 14.5 Å². The molecular weight excluding hydrogens is 140 g/mol. The Hall–Kier alpha value is -1.51. The van der Waals surface area contributed by atoms with Crippen molar-refractivity contribution in [1.29, 1.82) is 0 Å². The zero-order valence-corrected chi connectivity index (χ0v) is 6.15. The summed E-state index contributed by atoms with van der Waals surface area (Å²) in [5, 5.41) is 9.29. The van der Waals surface area contributed by atoms with E-state index in [1.54, 1.807) is 18.6 Å². The molecule has 0 bridgehead atoms. The van der Waals surface area contributed by atoms with E-state index in [0.717, 1.165) is 11.1 Å². The van der Waals surface area contributed by atoms with Crippen LogP contribution in [0.5, 0.6) is 5.75 Å². The van der Waals surface area contributed by atoms with Crippen LogP contribution >= 0.6 is 0 Å². The highest BCUT2D eigenvalue weighted by molar-refractivity contribution is 5.51. The average molecular weight is 148 g/mol. The average Bonchev–Trinajstić information content (AvgIpc) is 2.36. The van der Waals surface area contributed by atoms with Crippen LogP contribution in [0, 0.1) is 6.92 Å². The number of hydrogen-bond acceptors (Lipinski definition) is 2. The van der Waals surface area contributed by atoms with Crippen LogP contribution in [0.4, 0.5) is 0 Å². The molecule has 2 aromatic heterocycles. The van der Waals surface area contributed by atoms with E-state index in [2.05, 4.69) is 4.98 Å². The van der Waals surface area contributed by atoms with Gasteiger partial charge in [0.1, 0.15) is 5.75 Å². The lowest BCUT2D eigenvalue weighted by Crippen LogP contribution is -1.83. The molecule has 0 aliphatic rings. The summed E-state index contributed by atoms with van der Waals surface area (Å²) in [6.07, 6.45) is 5.26. The zero-order chi connectivity index (χ0) is 7.84. The Morgan fingerprint density at radius 2 is 2.36 bits per heavy atom. The van der Waals surface area contributed by atoms with Gasteiger partial charge in [0, 0.05) is 17.8 Å². The molecule has 1 N–H and O–H groups in total. The second-order valence-corrected chi connectivity index (χ2v) is 2.57. The molecule has 0 radical (unpaired) electrons. The minimum absolute atomic E-state index is 0.318. The van der Waals surface area contributed by atoms with Gasteiger partial charge < -0.3 is 9.51 Å². The third-order valence-electron chi connectivity index (χ3n) is 1.72. The van der Waals surface area contributed by atoms with Crippen molar-refractivity contribution in [1.82, 2.24) is 9.38 Å². The maximum Gasteiger partial charge on any atom is 0.122 e. The van der Waals surface area contributed by atoms with Gasteiger partial charge in [-0.3, -0.25) is 0 Å². The molecule has 56 valence electrons. The number of aromatic hydroxyl groups is 1. The third kappa shape index (κ3) is 0.852. The van der Waals surface area contributed by atoms with Gasteiger partial charge in [0.2, 0.25) is 0 Å². The molecule has 0 spiro atoms. The van der Waals surface area contributed by atoms with E-state index >= 15 is 0 Å². The Morgan fingerprint density at radius 1 is 1.55 bits per heavy atom. The van der Waals surface area contributed by atoms with E-state index in [1.165, 1.54) is 0 Å². The van der Waals surface area contributed by atoms with E-state index in [-0.39, 0.29) is 0 Å². The summed E-state index contributed by atoms with van der Waals surface area (Å²) in [6, 6.07) is 1.70. The smallest absolute Gasteiger partial charge is 0.122 e. The van der Waals surface area contributed by atoms with Crippen LogP contribution in [-0.2, 0) is 0 Å². The first-order chi connectivity index (χ1) is 5.27. The van der Waals surface area contributed by atoms with Gasteiger partial charge in [-0.1, -0.05) is 0 Å². The summed E-state index contributed by atoms with van der Waals surface area (Å²) in [4.78, 5) is 3.94. The van der Waals surface area contributed by atoms with E-state index in [4.69, 9.17) is 0 Å². The number of aryl methyl sites for hydroxylation is 1. The number of hydrogen-bond donors (Lipinski definition) is 1. The highest BCUT2D eigenvalue weighted by Crippen LogP contribution is 2.17. The molecule has 2 rings (SSSR count). The van der Waals surface area contributed by atoms with Crippen LogP contribution in [0.25, 0.3) is 5.52 Å². The molecule has 0 aliphatic carbocycles. The minimum atomic E-state index is 0.318. The Labute approximate surface area is 63.9 Å². The lowest BCUT2D eigenvalue weighted by atomic mass is 10.3. The van der Waals surface area contributed by atoms with Crippen molar-refractivity contribution in [3.05, 3.63) is 30.4 Å². The molecule has 0 amide bonds. The van der Waals surface area contributed by atoms with Crippen molar-refractivity contribution >= 4 is 5.52 Å². The molecule has 0 fully saturated rings. The second-order valence-electron chi connectivity index (χ2n) is 2.57. The lowest BCUT2D eigenvalue weighted by molar-refractivity contribution is 0.471. The molecule has 11 heavy (non-hydrogen) atoms. The fraction of sp³-hybridized carbons (Fsp3) is 0.125. The van der Waals surface area contributed by atoms with Crippen LogP contribution in [0.3, 0.4) is 0 Å². The molecule has 2 heterocycles. The number of nitrogens with zero attached hydrogens (tertiary/aromatic N) is 2. The molecular formula is C8H8N2O. The van der Waals surface area contributed by atoms with Gasteiger partial charge >= 0.3 is 0 Å². The Kier molecular flexibility index (Phi) is 1.12. The maximum atomic E-state index is 9.29. The molecule has 3 nitrogen and oxygen atoms in total. The van der Waals surface area contributed by atoms with Crippen LogP contribution in [0.15, 0.2) is 24.8 Å². The second kappa shape index (κ2) is 1.99. The summed E-state index contributed by atoms with van der Waals surface area (Å²) in [7, 11) is 0. The predicted octanol–water partition coefficient (Wildman–Crippen LogP) is 1.35. The van der Waals surface area contributed by atoms with Crippen molar-refractivity contribution in [2.45, 2.75) is 6.92 Å². The van der Waals surface area contributed by atoms with E-state index in [0.29, 0.717) is 5.75 Å². The van der Waals surface area contributed by atoms with Crippen LogP contribution < -0.4 is 0 Å². The summed E-state index contributed by atoms with van der Waals surface area (Å²) >= 11 is 0. The summed E-state index contributed by atoms with van der Waals surface area (Å²) < 4.78 is 1.87. The van der Waals surface area contributed by atoms with Crippen LogP contribution in [0.2, 0.25) is 0 Å². The van der Waals surface area contributed by atoms with Gasteiger partial charge in [-0.05, 0) is 6.92 Å². The Morgan fingerprint density at radius 3 is 3.18 bits per heavy atom. The number of fused-ring (bicyclic) bond motifs is 1. The van der Waals surface area contributed by atoms with Crippen molar-refractivity contribution in [3.63, 3.8) is 0 Å². The topological polar surface area (TPSA) is 37.5 Å². The zero-order valence-electron chi connectivity index (χ0n) is 6.15. The standard InChI is InChI=1S/C8H8N2O/c1-6-4-10-5-9-3-7(10)2-8(6)11/h2-5,11H,1H3. The normalized spacial score (nSPS) is 10.6. The number of pyridine rings is 1. The third-order valence-corrected chi connectivity index (χ3v) is 1.72. The molecule has 3 heteroatoms. The Bertz CT molecular complexity index is 356. The fourth-order valence-electron chi connectivity index (χ4n) is 1.06. The molecule has 0 unspecified atom stereocenters. The first-order valence-corrected chi connectivity index (χ1v) is 3.38. The van der Waals surface area contributed by atoms with Gasteiger partial charge in [0.15, 0.2) is 0 Å². The summed E-state index contributed by atoms with van der Waals surface area (Å²) in [5.74, 6) is 0.318. The van der Waals surface area contributed by atoms with Gasteiger partial charge in [-0.25, -0.2) is 4.98 Å². The molecule has 0 aliphatic heterocycles. The number of rotatable bonds is 0. The van der Waals surface area contributed by atoms with Gasteiger partial charge in [-0.2, -0.15) is 0 Å². The highest BCUT2D eigenvalue weighted by atomic mass is 16.3. The SMILES string of the molecule is Cc1cn2cncc2cc1O. The van der Waals surface area contributed by atoms with Crippen LogP contribution in [0.1, 0.15) is 5.56 Å². The number of aromatic nitrogens is 2. The van der Waals surface area contributed by atoms with Gasteiger partial charge in [0.05, 0.1) is 18.0 Å². The molecule has 2 aromatic rings. The predicted molar refractivity (Wildman–Crippen MR) is 41.6 cm³/mol. The van der Waals surface area contributed by atoms with E-state index in [9.17, 15) is 5.11 Å². The highest BCUT2D eigenvalue weighted by Gasteiger charge is 1.97. The largest absolute Gasteiger partial charge is 0.508 e. The monoisotopic (exact) mass is 148 g/mol. The molecule has 0 saturated carbocycles. The molecule has 0 aromatic carbocycles. The van der Waals surface area contributed by atoms with Gasteiger partial charge in [0.25, 0.3) is 0 Å². The summed E-state index contributed by atoms with van der Waals surface area (Å²) in [6.45, 7) is 1.86. The van der Waals surface area contributed by atoms with Gasteiger partial charge in [-0.15, -0.1) is 0 Å². The summed E-state index contributed by atoms with van der Waals surface area (Å²) in [5.41, 5.74) is 1.77. The molecule has 0 atom stereocenters. The number of imidazole rings is 1. The van der Waals surface area contributed by atoms with Crippen molar-refractivity contribution < 1.29 is 5.11 Å². The minimum Gasteiger partial charge on any atom is -0.508 e. The maximum absolute atomic E-state index is 9.29.